The molecule has 0 N–H and O–H groups in total. The fourth-order valence-electron chi connectivity index (χ4n) is 2.77. The van der Waals surface area contributed by atoms with Crippen LogP contribution in [0.3, 0.4) is 0 Å². The highest BCUT2D eigenvalue weighted by Gasteiger charge is 2.20. The molecule has 6 heteroatoms. The first-order valence-electron chi connectivity index (χ1n) is 8.50. The second-order valence-corrected chi connectivity index (χ2v) is 5.93. The second-order valence-electron chi connectivity index (χ2n) is 5.93. The number of ether oxygens (including phenoxy) is 1. The molecule has 0 saturated carbocycles. The van der Waals surface area contributed by atoms with Crippen LogP contribution in [0.4, 0.5) is 8.78 Å². The van der Waals surface area contributed by atoms with E-state index in [0.29, 0.717) is 12.1 Å². The average molecular weight is 371 g/mol. The van der Waals surface area contributed by atoms with Gasteiger partial charge in [-0.25, -0.2) is 8.78 Å². The van der Waals surface area contributed by atoms with Gasteiger partial charge in [0.1, 0.15) is 11.6 Å². The highest BCUT2D eigenvalue weighted by atomic mass is 19.1. The van der Waals surface area contributed by atoms with Crippen LogP contribution in [0.5, 0.6) is 5.75 Å². The first-order chi connectivity index (χ1) is 13.0. The van der Waals surface area contributed by atoms with Gasteiger partial charge in [-0.3, -0.25) is 4.79 Å². The number of methoxy groups -OCH3 is 1. The molecule has 2 aromatic carbocycles. The number of amides is 1. The van der Waals surface area contributed by atoms with Crippen molar-refractivity contribution in [2.45, 2.75) is 13.5 Å². The largest absolute Gasteiger partial charge is 0.494 e. The lowest BCUT2D eigenvalue weighted by atomic mass is 10.1. The fourth-order valence-corrected chi connectivity index (χ4v) is 2.77. The normalized spacial score (nSPS) is 10.7. The molecule has 1 heterocycles. The Hall–Kier alpha value is -3.15. The summed E-state index contributed by atoms with van der Waals surface area (Å²) in [6.45, 7) is 2.44. The number of benzene rings is 2. The summed E-state index contributed by atoms with van der Waals surface area (Å²) in [7, 11) is 1.39. The van der Waals surface area contributed by atoms with Crippen LogP contribution < -0.4 is 4.74 Å². The van der Waals surface area contributed by atoms with E-state index in [-0.39, 0.29) is 35.3 Å². The van der Waals surface area contributed by atoms with Gasteiger partial charge >= 0.3 is 0 Å². The first kappa shape index (κ1) is 18.6. The maximum Gasteiger partial charge on any atom is 0.289 e. The molecule has 0 radical (unpaired) electrons. The maximum absolute atomic E-state index is 13.9. The standard InChI is InChI=1S/C21H19F2NO3/c1-3-24(13-14-8-9-19(26-2)17(23)12-14)21(25)20-11-10-18(27-20)15-6-4-5-7-16(15)22/h4-12H,3,13H2,1-2H3. The highest BCUT2D eigenvalue weighted by molar-refractivity contribution is 5.92. The van der Waals surface area contributed by atoms with Crippen molar-refractivity contribution >= 4 is 5.91 Å². The minimum atomic E-state index is -0.488. The number of hydrogen-bond acceptors (Lipinski definition) is 3. The summed E-state index contributed by atoms with van der Waals surface area (Å²) in [6.07, 6.45) is 0. The van der Waals surface area contributed by atoms with Crippen molar-refractivity contribution in [2.24, 2.45) is 0 Å². The Morgan fingerprint density at radius 2 is 1.85 bits per heavy atom. The third kappa shape index (κ3) is 4.00. The molecular formula is C21H19F2NO3. The Kier molecular flexibility index (Phi) is 5.54. The van der Waals surface area contributed by atoms with E-state index in [2.05, 4.69) is 0 Å². The first-order valence-corrected chi connectivity index (χ1v) is 8.50. The van der Waals surface area contributed by atoms with Crippen LogP contribution >= 0.6 is 0 Å². The molecule has 1 amide bonds. The van der Waals surface area contributed by atoms with Crippen LogP contribution in [0.25, 0.3) is 11.3 Å². The Morgan fingerprint density at radius 1 is 1.07 bits per heavy atom. The van der Waals surface area contributed by atoms with Gasteiger partial charge < -0.3 is 14.1 Å². The van der Waals surface area contributed by atoms with Crippen molar-refractivity contribution in [1.29, 1.82) is 0 Å². The van der Waals surface area contributed by atoms with Crippen LogP contribution in [0.15, 0.2) is 59.0 Å². The van der Waals surface area contributed by atoms with Gasteiger partial charge in [0.05, 0.1) is 12.7 Å². The number of carbonyl (C=O) groups excluding carboxylic acids is 1. The Balaban J connectivity index is 1.79. The van der Waals surface area contributed by atoms with E-state index in [9.17, 15) is 13.6 Å². The van der Waals surface area contributed by atoms with E-state index in [0.717, 1.165) is 0 Å². The van der Waals surface area contributed by atoms with E-state index in [1.165, 1.54) is 36.3 Å². The third-order valence-electron chi connectivity index (χ3n) is 4.21. The molecule has 0 aliphatic carbocycles. The molecule has 140 valence electrons. The van der Waals surface area contributed by atoms with Crippen LogP contribution in [-0.2, 0) is 6.54 Å². The molecular weight excluding hydrogens is 352 g/mol. The molecule has 0 unspecified atom stereocenters. The third-order valence-corrected chi connectivity index (χ3v) is 4.21. The van der Waals surface area contributed by atoms with Crippen LogP contribution in [0, 0.1) is 11.6 Å². The lowest BCUT2D eigenvalue weighted by Crippen LogP contribution is -2.30. The van der Waals surface area contributed by atoms with Crippen LogP contribution in [0.2, 0.25) is 0 Å². The molecule has 0 saturated heterocycles. The molecule has 0 fully saturated rings. The Bertz CT molecular complexity index is 952. The number of rotatable bonds is 6. The predicted octanol–water partition coefficient (Wildman–Crippen LogP) is 4.90. The topological polar surface area (TPSA) is 42.7 Å². The SMILES string of the molecule is CCN(Cc1ccc(OC)c(F)c1)C(=O)c1ccc(-c2ccccc2F)o1. The van der Waals surface area contributed by atoms with Crippen molar-refractivity contribution in [2.75, 3.05) is 13.7 Å². The van der Waals surface area contributed by atoms with Crippen LogP contribution in [0.1, 0.15) is 23.0 Å². The van der Waals surface area contributed by atoms with E-state index in [1.807, 2.05) is 6.92 Å². The van der Waals surface area contributed by atoms with Crippen molar-refractivity contribution in [3.05, 3.63) is 77.6 Å². The molecule has 0 aliphatic rings. The van der Waals surface area contributed by atoms with Crippen molar-refractivity contribution in [3.63, 3.8) is 0 Å². The molecule has 3 aromatic rings. The number of carbonyl (C=O) groups is 1. The minimum absolute atomic E-state index is 0.101. The van der Waals surface area contributed by atoms with Gasteiger partial charge in [0, 0.05) is 13.1 Å². The van der Waals surface area contributed by atoms with Gasteiger partial charge in [0.15, 0.2) is 17.3 Å². The number of nitrogens with zero attached hydrogens (tertiary/aromatic N) is 1. The van der Waals surface area contributed by atoms with E-state index in [1.54, 1.807) is 30.3 Å². The summed E-state index contributed by atoms with van der Waals surface area (Å²) in [5.41, 5.74) is 0.918. The zero-order valence-electron chi connectivity index (χ0n) is 15.0. The lowest BCUT2D eigenvalue weighted by Gasteiger charge is -2.20. The predicted molar refractivity (Wildman–Crippen MR) is 97.5 cm³/mol. The molecule has 0 aliphatic heterocycles. The van der Waals surface area contributed by atoms with Crippen molar-refractivity contribution in [3.8, 4) is 17.1 Å². The van der Waals surface area contributed by atoms with Crippen molar-refractivity contribution in [1.82, 2.24) is 4.90 Å². The molecule has 0 spiro atoms. The quantitative estimate of drug-likeness (QED) is 0.619. The summed E-state index contributed by atoms with van der Waals surface area (Å²) < 4.78 is 38.2. The molecule has 3 rings (SSSR count). The summed E-state index contributed by atoms with van der Waals surface area (Å²) >= 11 is 0. The smallest absolute Gasteiger partial charge is 0.289 e. The highest BCUT2D eigenvalue weighted by Crippen LogP contribution is 2.26. The molecule has 1 aromatic heterocycles. The fraction of sp³-hybridized carbons (Fsp3) is 0.190. The van der Waals surface area contributed by atoms with Crippen molar-refractivity contribution < 1.29 is 22.7 Å². The molecule has 0 bridgehead atoms. The van der Waals surface area contributed by atoms with Gasteiger partial charge in [-0.1, -0.05) is 18.2 Å². The minimum Gasteiger partial charge on any atom is -0.494 e. The summed E-state index contributed by atoms with van der Waals surface area (Å²) in [6, 6.07) is 13.8. The van der Waals surface area contributed by atoms with Gasteiger partial charge in [0.25, 0.3) is 5.91 Å². The summed E-state index contributed by atoms with van der Waals surface area (Å²) in [4.78, 5) is 14.3. The molecule has 27 heavy (non-hydrogen) atoms. The number of furan rings is 1. The molecule has 4 nitrogen and oxygen atoms in total. The number of halogens is 2. The zero-order valence-corrected chi connectivity index (χ0v) is 15.0. The lowest BCUT2D eigenvalue weighted by molar-refractivity contribution is 0.0721. The monoisotopic (exact) mass is 371 g/mol. The van der Waals surface area contributed by atoms with E-state index < -0.39 is 11.6 Å². The van der Waals surface area contributed by atoms with Gasteiger partial charge in [-0.05, 0) is 48.9 Å². The zero-order chi connectivity index (χ0) is 19.4. The Morgan fingerprint density at radius 3 is 2.52 bits per heavy atom. The van der Waals surface area contributed by atoms with Crippen LogP contribution in [-0.4, -0.2) is 24.5 Å². The van der Waals surface area contributed by atoms with E-state index >= 15 is 0 Å². The van der Waals surface area contributed by atoms with Gasteiger partial charge in [0.2, 0.25) is 0 Å². The number of hydrogen-bond donors (Lipinski definition) is 0. The van der Waals surface area contributed by atoms with E-state index in [4.69, 9.17) is 9.15 Å². The van der Waals surface area contributed by atoms with Gasteiger partial charge in [-0.2, -0.15) is 0 Å². The van der Waals surface area contributed by atoms with Gasteiger partial charge in [-0.15, -0.1) is 0 Å². The average Bonchev–Trinajstić information content (AvgIpc) is 3.16. The maximum atomic E-state index is 13.9. The second kappa shape index (κ2) is 8.03. The molecule has 0 atom stereocenters. The summed E-state index contributed by atoms with van der Waals surface area (Å²) in [5, 5.41) is 0. The Labute approximate surface area is 156 Å². The summed E-state index contributed by atoms with van der Waals surface area (Å²) in [5.74, 6) is -0.734.